The largest absolute Gasteiger partial charge is 0.378 e. The summed E-state index contributed by atoms with van der Waals surface area (Å²) in [5, 5.41) is 3.41. The van der Waals surface area contributed by atoms with Crippen LogP contribution in [0.2, 0.25) is 0 Å². The summed E-state index contributed by atoms with van der Waals surface area (Å²) in [4.78, 5) is 40.7. The fourth-order valence-electron chi connectivity index (χ4n) is 3.50. The van der Waals surface area contributed by atoms with Crippen LogP contribution in [-0.4, -0.2) is 70.6 Å². The number of aromatic nitrogens is 1. The van der Waals surface area contributed by atoms with Gasteiger partial charge in [-0.15, -0.1) is 0 Å². The van der Waals surface area contributed by atoms with Gasteiger partial charge in [0.25, 0.3) is 11.8 Å². The van der Waals surface area contributed by atoms with E-state index in [0.717, 1.165) is 15.4 Å². The van der Waals surface area contributed by atoms with Gasteiger partial charge >= 0.3 is 0 Å². The van der Waals surface area contributed by atoms with Crippen molar-refractivity contribution in [3.05, 3.63) is 40.0 Å². The van der Waals surface area contributed by atoms with Gasteiger partial charge in [0, 0.05) is 47.3 Å². The minimum absolute atomic E-state index is 0.00566. The highest BCUT2D eigenvalue weighted by Gasteiger charge is 2.31. The van der Waals surface area contributed by atoms with Crippen molar-refractivity contribution < 1.29 is 19.1 Å². The van der Waals surface area contributed by atoms with Crippen LogP contribution in [0.5, 0.6) is 0 Å². The Balaban J connectivity index is 1.73. The van der Waals surface area contributed by atoms with E-state index in [9.17, 15) is 14.4 Å². The zero-order valence-electron chi connectivity index (χ0n) is 16.2. The Morgan fingerprint density at radius 1 is 1.30 bits per heavy atom. The molecule has 156 valence electrons. The molecule has 1 N–H and O–H groups in total. The Morgan fingerprint density at radius 2 is 2.03 bits per heavy atom. The maximum absolute atomic E-state index is 12.7. The van der Waals surface area contributed by atoms with Gasteiger partial charge in [-0.25, -0.2) is 0 Å². The summed E-state index contributed by atoms with van der Waals surface area (Å²) in [5.41, 5.74) is 1.49. The van der Waals surface area contributed by atoms with Crippen LogP contribution in [0.15, 0.2) is 34.4 Å². The number of benzene rings is 1. The molecular weight excluding hydrogens is 472 g/mol. The molecule has 0 radical (unpaired) electrons. The van der Waals surface area contributed by atoms with Crippen LogP contribution in [0.25, 0.3) is 17.0 Å². The highest BCUT2D eigenvalue weighted by atomic mass is 79.9. The smallest absolute Gasteiger partial charge is 0.265 e. The Bertz CT molecular complexity index is 1100. The fraction of sp³-hybridized carbons (Fsp3) is 0.300. The van der Waals surface area contributed by atoms with E-state index in [2.05, 4.69) is 21.2 Å². The molecule has 3 heterocycles. The van der Waals surface area contributed by atoms with E-state index < -0.39 is 11.8 Å². The topological polar surface area (TPSA) is 83.9 Å². The minimum atomic E-state index is -0.539. The minimum Gasteiger partial charge on any atom is -0.378 e. The summed E-state index contributed by atoms with van der Waals surface area (Å²) in [5.74, 6) is -1.01. The van der Waals surface area contributed by atoms with Crippen LogP contribution in [0, 0.1) is 0 Å². The van der Waals surface area contributed by atoms with Crippen molar-refractivity contribution in [2.24, 2.45) is 0 Å². The number of amides is 3. The van der Waals surface area contributed by atoms with E-state index >= 15 is 0 Å². The van der Waals surface area contributed by atoms with Gasteiger partial charge in [0.05, 0.1) is 13.2 Å². The number of thiocarbonyl (C=S) groups is 1. The monoisotopic (exact) mass is 490 g/mol. The van der Waals surface area contributed by atoms with Crippen molar-refractivity contribution in [1.82, 2.24) is 19.7 Å². The number of carbonyl (C=O) groups excluding carboxylic acids is 3. The van der Waals surface area contributed by atoms with Crippen molar-refractivity contribution >= 4 is 68.0 Å². The Hall–Kier alpha value is -2.56. The van der Waals surface area contributed by atoms with Gasteiger partial charge in [0.2, 0.25) is 5.91 Å². The summed E-state index contributed by atoms with van der Waals surface area (Å²) < 4.78 is 8.00. The van der Waals surface area contributed by atoms with E-state index in [4.69, 9.17) is 17.0 Å². The van der Waals surface area contributed by atoms with Gasteiger partial charge in [-0.2, -0.15) is 0 Å². The van der Waals surface area contributed by atoms with Gasteiger partial charge in [-0.1, -0.05) is 15.9 Å². The lowest BCUT2D eigenvalue weighted by Crippen LogP contribution is -2.52. The van der Waals surface area contributed by atoms with E-state index in [-0.39, 0.29) is 23.1 Å². The number of hydrogen-bond donors (Lipinski definition) is 1. The highest BCUT2D eigenvalue weighted by Crippen LogP contribution is 2.28. The van der Waals surface area contributed by atoms with E-state index in [1.165, 1.54) is 11.9 Å². The summed E-state index contributed by atoms with van der Waals surface area (Å²) in [6, 6.07) is 5.69. The first kappa shape index (κ1) is 20.7. The maximum atomic E-state index is 12.7. The molecule has 1 aromatic heterocycles. The molecule has 0 spiro atoms. The molecule has 10 heteroatoms. The van der Waals surface area contributed by atoms with Crippen molar-refractivity contribution in [1.29, 1.82) is 0 Å². The quantitative estimate of drug-likeness (QED) is 0.400. The standard InChI is InChI=1S/C20H19BrN4O4S/c1-23-19(28)15(18(27)22-20(23)30)8-12-10-25(16-3-2-13(21)9-14(12)16)11-17(26)24-4-6-29-7-5-24/h2-3,8-10H,4-7,11H2,1H3,(H,22,27,30)/b15-8+. The number of hydrogen-bond acceptors (Lipinski definition) is 5. The predicted octanol–water partition coefficient (Wildman–Crippen LogP) is 1.52. The second-order valence-corrected chi connectivity index (χ2v) is 8.35. The molecule has 4 rings (SSSR count). The predicted molar refractivity (Wildman–Crippen MR) is 119 cm³/mol. The Kier molecular flexibility index (Phi) is 5.72. The van der Waals surface area contributed by atoms with E-state index in [1.807, 2.05) is 22.8 Å². The van der Waals surface area contributed by atoms with E-state index in [1.54, 1.807) is 17.2 Å². The SMILES string of the molecule is CN1C(=O)/C(=C/c2cn(CC(=O)N3CCOCC3)c3ccc(Br)cc23)C(=O)NC1=S. The molecule has 2 aliphatic rings. The molecule has 30 heavy (non-hydrogen) atoms. The lowest BCUT2D eigenvalue weighted by molar-refractivity contribution is -0.135. The molecule has 3 amide bonds. The number of morpholine rings is 1. The molecule has 2 saturated heterocycles. The number of nitrogens with zero attached hydrogens (tertiary/aromatic N) is 3. The number of ether oxygens (including phenoxy) is 1. The first-order chi connectivity index (χ1) is 14.3. The fourth-order valence-corrected chi connectivity index (χ4v) is 4.04. The molecule has 8 nitrogen and oxygen atoms in total. The average Bonchev–Trinajstić information content (AvgIpc) is 3.06. The summed E-state index contributed by atoms with van der Waals surface area (Å²) in [7, 11) is 1.51. The third-order valence-electron chi connectivity index (χ3n) is 5.15. The number of likely N-dealkylation sites (N-methyl/N-ethyl adjacent to an activating group) is 1. The number of rotatable bonds is 3. The first-order valence-corrected chi connectivity index (χ1v) is 10.5. The second-order valence-electron chi connectivity index (χ2n) is 7.05. The van der Waals surface area contributed by atoms with Crippen molar-refractivity contribution in [2.75, 3.05) is 33.4 Å². The number of nitrogens with one attached hydrogen (secondary N) is 1. The lowest BCUT2D eigenvalue weighted by atomic mass is 10.1. The van der Waals surface area contributed by atoms with Gasteiger partial charge in [-0.05, 0) is 36.5 Å². The van der Waals surface area contributed by atoms with Crippen molar-refractivity contribution in [2.45, 2.75) is 6.54 Å². The second kappa shape index (κ2) is 8.29. The third-order valence-corrected chi connectivity index (χ3v) is 6.02. The van der Waals surface area contributed by atoms with Crippen LogP contribution in [0.1, 0.15) is 5.56 Å². The van der Waals surface area contributed by atoms with Crippen molar-refractivity contribution in [3.63, 3.8) is 0 Å². The lowest BCUT2D eigenvalue weighted by Gasteiger charge is -2.27. The number of fused-ring (bicyclic) bond motifs is 1. The zero-order chi connectivity index (χ0) is 21.4. The molecule has 0 saturated carbocycles. The van der Waals surface area contributed by atoms with Gasteiger partial charge in [-0.3, -0.25) is 24.6 Å². The Labute approximate surface area is 186 Å². The first-order valence-electron chi connectivity index (χ1n) is 9.34. The van der Waals surface area contributed by atoms with Crippen LogP contribution in [-0.2, 0) is 25.7 Å². The van der Waals surface area contributed by atoms with Crippen LogP contribution >= 0.6 is 28.1 Å². The van der Waals surface area contributed by atoms with Crippen molar-refractivity contribution in [3.8, 4) is 0 Å². The molecule has 2 aliphatic heterocycles. The maximum Gasteiger partial charge on any atom is 0.265 e. The summed E-state index contributed by atoms with van der Waals surface area (Å²) in [6.07, 6.45) is 3.33. The van der Waals surface area contributed by atoms with Gasteiger partial charge in [0.1, 0.15) is 12.1 Å². The highest BCUT2D eigenvalue weighted by molar-refractivity contribution is 9.10. The van der Waals surface area contributed by atoms with Crippen LogP contribution < -0.4 is 5.32 Å². The molecule has 0 atom stereocenters. The molecule has 0 aliphatic carbocycles. The molecule has 2 aromatic rings. The average molecular weight is 491 g/mol. The van der Waals surface area contributed by atoms with Crippen LogP contribution in [0.4, 0.5) is 0 Å². The third kappa shape index (κ3) is 3.90. The molecule has 0 bridgehead atoms. The summed E-state index contributed by atoms with van der Waals surface area (Å²) in [6.45, 7) is 2.37. The normalized spacial score (nSPS) is 19.0. The number of carbonyl (C=O) groups is 3. The van der Waals surface area contributed by atoms with Gasteiger partial charge in [0.15, 0.2) is 5.11 Å². The zero-order valence-corrected chi connectivity index (χ0v) is 18.6. The molecule has 0 unspecified atom stereocenters. The molecule has 2 fully saturated rings. The van der Waals surface area contributed by atoms with E-state index in [0.29, 0.717) is 31.9 Å². The van der Waals surface area contributed by atoms with Crippen LogP contribution in [0.3, 0.4) is 0 Å². The number of halogens is 1. The molecular formula is C20H19BrN4O4S. The molecule has 1 aromatic carbocycles. The van der Waals surface area contributed by atoms with Gasteiger partial charge < -0.3 is 14.2 Å². The Morgan fingerprint density at radius 3 is 2.77 bits per heavy atom. The summed E-state index contributed by atoms with van der Waals surface area (Å²) >= 11 is 8.46.